The van der Waals surface area contributed by atoms with Gasteiger partial charge in [-0.1, -0.05) is 11.6 Å². The summed E-state index contributed by atoms with van der Waals surface area (Å²) >= 11 is 6.10. The molecule has 2 aromatic rings. The van der Waals surface area contributed by atoms with Crippen LogP contribution in [0.4, 0.5) is 0 Å². The topological polar surface area (TPSA) is 38.9 Å². The van der Waals surface area contributed by atoms with Gasteiger partial charge in [-0.3, -0.25) is 0 Å². The van der Waals surface area contributed by atoms with Gasteiger partial charge in [-0.15, -0.1) is 0 Å². The van der Waals surface area contributed by atoms with Gasteiger partial charge in [0.1, 0.15) is 5.15 Å². The number of rotatable bonds is 1. The molecule has 15 heavy (non-hydrogen) atoms. The van der Waals surface area contributed by atoms with E-state index >= 15 is 0 Å². The van der Waals surface area contributed by atoms with Crippen LogP contribution in [0.15, 0.2) is 22.8 Å². The van der Waals surface area contributed by atoms with Crippen LogP contribution in [0.1, 0.15) is 17.7 Å². The van der Waals surface area contributed by atoms with E-state index in [1.807, 2.05) is 12.1 Å². The molecule has 0 saturated carbocycles. The van der Waals surface area contributed by atoms with Crippen molar-refractivity contribution in [2.45, 2.75) is 19.3 Å². The lowest BCUT2D eigenvalue weighted by molar-refractivity contribution is 0.577. The minimum Gasteiger partial charge on any atom is -0.461 e. The number of furan rings is 1. The second-order valence-corrected chi connectivity index (χ2v) is 3.95. The highest BCUT2D eigenvalue weighted by molar-refractivity contribution is 6.30. The van der Waals surface area contributed by atoms with Crippen molar-refractivity contribution in [2.75, 3.05) is 0 Å². The van der Waals surface area contributed by atoms with Crippen LogP contribution in [0.3, 0.4) is 0 Å². The van der Waals surface area contributed by atoms with Crippen LogP contribution >= 0.6 is 11.6 Å². The molecule has 0 unspecified atom stereocenters. The van der Waals surface area contributed by atoms with Gasteiger partial charge in [0.15, 0.2) is 11.6 Å². The van der Waals surface area contributed by atoms with Crippen molar-refractivity contribution >= 4 is 11.6 Å². The maximum atomic E-state index is 6.10. The maximum Gasteiger partial charge on any atom is 0.197 e. The van der Waals surface area contributed by atoms with Crippen molar-refractivity contribution in [2.24, 2.45) is 0 Å². The number of hydrogen-bond donors (Lipinski definition) is 0. The van der Waals surface area contributed by atoms with Crippen LogP contribution < -0.4 is 0 Å². The molecule has 0 bridgehead atoms. The molecule has 0 N–H and O–H groups in total. The smallest absolute Gasteiger partial charge is 0.197 e. The lowest BCUT2D eigenvalue weighted by Crippen LogP contribution is -1.96. The lowest BCUT2D eigenvalue weighted by atomic mass is 10.2. The SMILES string of the molecule is Clc1nc(-c2ccco2)nc2c1CCC2. The van der Waals surface area contributed by atoms with E-state index in [1.165, 1.54) is 0 Å². The minimum atomic E-state index is 0.573. The fourth-order valence-corrected chi connectivity index (χ4v) is 2.19. The summed E-state index contributed by atoms with van der Waals surface area (Å²) in [4.78, 5) is 8.72. The fourth-order valence-electron chi connectivity index (χ4n) is 1.90. The summed E-state index contributed by atoms with van der Waals surface area (Å²) in [6.45, 7) is 0. The van der Waals surface area contributed by atoms with E-state index in [0.29, 0.717) is 16.7 Å². The normalized spacial score (nSPS) is 14.2. The van der Waals surface area contributed by atoms with Gasteiger partial charge in [0.2, 0.25) is 0 Å². The zero-order valence-electron chi connectivity index (χ0n) is 8.03. The third-order valence-electron chi connectivity index (χ3n) is 2.62. The minimum absolute atomic E-state index is 0.573. The molecular formula is C11H9ClN2O. The Bertz CT molecular complexity index is 494. The second kappa shape index (κ2) is 3.35. The van der Waals surface area contributed by atoms with Crippen molar-refractivity contribution in [1.29, 1.82) is 0 Å². The predicted molar refractivity (Wildman–Crippen MR) is 56.8 cm³/mol. The summed E-state index contributed by atoms with van der Waals surface area (Å²) in [6, 6.07) is 3.66. The van der Waals surface area contributed by atoms with Crippen molar-refractivity contribution in [3.05, 3.63) is 34.8 Å². The Labute approximate surface area is 92.1 Å². The van der Waals surface area contributed by atoms with Gasteiger partial charge in [-0.05, 0) is 31.4 Å². The summed E-state index contributed by atoms with van der Waals surface area (Å²) < 4.78 is 5.25. The van der Waals surface area contributed by atoms with Crippen molar-refractivity contribution in [1.82, 2.24) is 9.97 Å². The lowest BCUT2D eigenvalue weighted by Gasteiger charge is -2.02. The van der Waals surface area contributed by atoms with Crippen LogP contribution in [0.25, 0.3) is 11.6 Å². The summed E-state index contributed by atoms with van der Waals surface area (Å²) in [7, 11) is 0. The molecule has 3 nitrogen and oxygen atoms in total. The van der Waals surface area contributed by atoms with E-state index in [-0.39, 0.29) is 0 Å². The number of fused-ring (bicyclic) bond motifs is 1. The van der Waals surface area contributed by atoms with E-state index in [1.54, 1.807) is 6.26 Å². The molecule has 0 spiro atoms. The largest absolute Gasteiger partial charge is 0.461 e. The van der Waals surface area contributed by atoms with E-state index in [2.05, 4.69) is 9.97 Å². The standard InChI is InChI=1S/C11H9ClN2O/c12-10-7-3-1-4-8(7)13-11(14-10)9-5-2-6-15-9/h2,5-6H,1,3-4H2. The Morgan fingerprint density at radius 1 is 1.27 bits per heavy atom. The molecule has 0 fully saturated rings. The highest BCUT2D eigenvalue weighted by atomic mass is 35.5. The number of hydrogen-bond acceptors (Lipinski definition) is 3. The van der Waals surface area contributed by atoms with Gasteiger partial charge in [-0.25, -0.2) is 9.97 Å². The molecule has 1 aliphatic rings. The van der Waals surface area contributed by atoms with Gasteiger partial charge in [0.05, 0.1) is 6.26 Å². The van der Waals surface area contributed by atoms with E-state index < -0.39 is 0 Å². The predicted octanol–water partition coefficient (Wildman–Crippen LogP) is 2.88. The van der Waals surface area contributed by atoms with E-state index in [0.717, 1.165) is 30.5 Å². The van der Waals surface area contributed by atoms with Crippen LogP contribution in [0.2, 0.25) is 5.15 Å². The first-order chi connectivity index (χ1) is 7.34. The number of aromatic nitrogens is 2. The third kappa shape index (κ3) is 1.43. The van der Waals surface area contributed by atoms with E-state index in [4.69, 9.17) is 16.0 Å². The van der Waals surface area contributed by atoms with Gasteiger partial charge >= 0.3 is 0 Å². The average molecular weight is 221 g/mol. The molecule has 2 aromatic heterocycles. The Hall–Kier alpha value is -1.35. The van der Waals surface area contributed by atoms with Crippen molar-refractivity contribution in [3.63, 3.8) is 0 Å². The third-order valence-corrected chi connectivity index (χ3v) is 2.94. The summed E-state index contributed by atoms with van der Waals surface area (Å²) in [5.74, 6) is 1.26. The number of nitrogens with zero attached hydrogens (tertiary/aromatic N) is 2. The quantitative estimate of drug-likeness (QED) is 0.694. The van der Waals surface area contributed by atoms with Crippen LogP contribution in [-0.2, 0) is 12.8 Å². The fraction of sp³-hybridized carbons (Fsp3) is 0.273. The summed E-state index contributed by atoms with van der Waals surface area (Å²) in [6.07, 6.45) is 4.71. The Morgan fingerprint density at radius 2 is 2.20 bits per heavy atom. The highest BCUT2D eigenvalue weighted by Gasteiger charge is 2.19. The van der Waals surface area contributed by atoms with E-state index in [9.17, 15) is 0 Å². The van der Waals surface area contributed by atoms with Crippen LogP contribution in [0.5, 0.6) is 0 Å². The molecule has 0 saturated heterocycles. The molecule has 1 aliphatic carbocycles. The van der Waals surface area contributed by atoms with Gasteiger partial charge in [0.25, 0.3) is 0 Å². The van der Waals surface area contributed by atoms with Crippen LogP contribution in [0, 0.1) is 0 Å². The Morgan fingerprint density at radius 3 is 3.00 bits per heavy atom. The first-order valence-electron chi connectivity index (χ1n) is 4.94. The first-order valence-corrected chi connectivity index (χ1v) is 5.31. The summed E-state index contributed by atoms with van der Waals surface area (Å²) in [5, 5.41) is 0.573. The number of aryl methyl sites for hydroxylation is 1. The molecule has 4 heteroatoms. The number of halogens is 1. The Kier molecular flexibility index (Phi) is 1.99. The maximum absolute atomic E-state index is 6.10. The van der Waals surface area contributed by atoms with Crippen molar-refractivity contribution < 1.29 is 4.42 Å². The molecule has 76 valence electrons. The molecular weight excluding hydrogens is 212 g/mol. The zero-order chi connectivity index (χ0) is 10.3. The highest BCUT2D eigenvalue weighted by Crippen LogP contribution is 2.28. The first kappa shape index (κ1) is 8.92. The van der Waals surface area contributed by atoms with Gasteiger partial charge in [-0.2, -0.15) is 0 Å². The molecule has 0 atom stereocenters. The van der Waals surface area contributed by atoms with Gasteiger partial charge < -0.3 is 4.42 Å². The van der Waals surface area contributed by atoms with Crippen molar-refractivity contribution in [3.8, 4) is 11.6 Å². The molecule has 0 aliphatic heterocycles. The molecule has 0 radical (unpaired) electrons. The monoisotopic (exact) mass is 220 g/mol. The average Bonchev–Trinajstić information content (AvgIpc) is 2.88. The van der Waals surface area contributed by atoms with Crippen LogP contribution in [-0.4, -0.2) is 9.97 Å². The Balaban J connectivity index is 2.15. The molecule has 0 aromatic carbocycles. The summed E-state index contributed by atoms with van der Waals surface area (Å²) in [5.41, 5.74) is 2.17. The zero-order valence-corrected chi connectivity index (χ0v) is 8.79. The molecule has 2 heterocycles. The molecule has 3 rings (SSSR count). The van der Waals surface area contributed by atoms with Gasteiger partial charge in [0, 0.05) is 11.3 Å². The molecule has 0 amide bonds. The second-order valence-electron chi connectivity index (χ2n) is 3.59.